The van der Waals surface area contributed by atoms with Gasteiger partial charge in [0.1, 0.15) is 11.6 Å². The maximum atomic E-state index is 11.9. The van der Waals surface area contributed by atoms with Gasteiger partial charge < -0.3 is 15.2 Å². The Hall–Kier alpha value is -1.01. The Kier molecular flexibility index (Phi) is 5.89. The highest BCUT2D eigenvalue weighted by Crippen LogP contribution is 2.21. The minimum absolute atomic E-state index is 0. The van der Waals surface area contributed by atoms with Crippen LogP contribution in [0.15, 0.2) is 0 Å². The molecule has 1 aliphatic heterocycles. The lowest BCUT2D eigenvalue weighted by Gasteiger charge is -2.27. The second-order valence-electron chi connectivity index (χ2n) is 5.17. The summed E-state index contributed by atoms with van der Waals surface area (Å²) in [5, 5.41) is 0. The van der Waals surface area contributed by atoms with Crippen molar-refractivity contribution < 1.29 is 19.1 Å². The number of methoxy groups -OCH3 is 1. The van der Waals surface area contributed by atoms with Crippen molar-refractivity contribution in [3.05, 3.63) is 0 Å². The summed E-state index contributed by atoms with van der Waals surface area (Å²) in [6.45, 7) is 5.63. The van der Waals surface area contributed by atoms with Gasteiger partial charge in [-0.3, -0.25) is 4.90 Å². The zero-order valence-electron chi connectivity index (χ0n) is 11.1. The van der Waals surface area contributed by atoms with E-state index < -0.39 is 23.7 Å². The summed E-state index contributed by atoms with van der Waals surface area (Å²) in [4.78, 5) is 24.7. The predicted octanol–water partition coefficient (Wildman–Crippen LogP) is 0.918. The van der Waals surface area contributed by atoms with Crippen LogP contribution in [0.4, 0.5) is 4.79 Å². The van der Waals surface area contributed by atoms with Crippen LogP contribution in [0.1, 0.15) is 27.2 Å². The third-order valence-electron chi connectivity index (χ3n) is 2.43. The zero-order valence-corrected chi connectivity index (χ0v) is 12.0. The zero-order chi connectivity index (χ0) is 13.2. The number of rotatable bonds is 1. The van der Waals surface area contributed by atoms with Gasteiger partial charge in [-0.05, 0) is 27.2 Å². The lowest BCUT2D eigenvalue weighted by Crippen LogP contribution is -2.44. The van der Waals surface area contributed by atoms with E-state index in [1.165, 1.54) is 12.0 Å². The van der Waals surface area contributed by atoms with E-state index in [1.54, 1.807) is 20.8 Å². The lowest BCUT2D eigenvalue weighted by atomic mass is 10.2. The molecule has 0 saturated carbocycles. The van der Waals surface area contributed by atoms with Crippen molar-refractivity contribution in [3.63, 3.8) is 0 Å². The number of carbonyl (C=O) groups excluding carboxylic acids is 2. The summed E-state index contributed by atoms with van der Waals surface area (Å²) in [5.74, 6) is -0.455. The molecular formula is C11H21ClN2O4. The van der Waals surface area contributed by atoms with Crippen LogP contribution in [0.3, 0.4) is 0 Å². The van der Waals surface area contributed by atoms with E-state index >= 15 is 0 Å². The van der Waals surface area contributed by atoms with Gasteiger partial charge in [-0.15, -0.1) is 12.4 Å². The molecule has 0 aliphatic carbocycles. The molecule has 0 aromatic heterocycles. The number of halogens is 1. The van der Waals surface area contributed by atoms with Crippen LogP contribution in [0, 0.1) is 0 Å². The van der Waals surface area contributed by atoms with Crippen molar-refractivity contribution in [2.45, 2.75) is 44.9 Å². The van der Waals surface area contributed by atoms with E-state index in [9.17, 15) is 9.59 Å². The highest BCUT2D eigenvalue weighted by atomic mass is 35.5. The molecule has 18 heavy (non-hydrogen) atoms. The van der Waals surface area contributed by atoms with Crippen LogP contribution in [0.25, 0.3) is 0 Å². The number of amides is 1. The van der Waals surface area contributed by atoms with Crippen LogP contribution in [-0.2, 0) is 14.3 Å². The molecule has 1 saturated heterocycles. The molecule has 1 heterocycles. The van der Waals surface area contributed by atoms with Crippen molar-refractivity contribution in [2.75, 3.05) is 13.7 Å². The average Bonchev–Trinajstić information content (AvgIpc) is 2.56. The van der Waals surface area contributed by atoms with Crippen molar-refractivity contribution >= 4 is 24.5 Å². The van der Waals surface area contributed by atoms with E-state index in [2.05, 4.69) is 4.74 Å². The Labute approximate surface area is 113 Å². The summed E-state index contributed by atoms with van der Waals surface area (Å²) < 4.78 is 9.87. The van der Waals surface area contributed by atoms with Gasteiger partial charge in [0.15, 0.2) is 0 Å². The molecule has 1 aliphatic rings. The Morgan fingerprint density at radius 1 is 1.33 bits per heavy atom. The number of likely N-dealkylation sites (tertiary alicyclic amines) is 1. The van der Waals surface area contributed by atoms with Gasteiger partial charge in [-0.2, -0.15) is 0 Å². The quantitative estimate of drug-likeness (QED) is 0.722. The minimum Gasteiger partial charge on any atom is -0.467 e. The number of ether oxygens (including phenoxy) is 2. The molecule has 1 fully saturated rings. The van der Waals surface area contributed by atoms with Gasteiger partial charge in [0, 0.05) is 12.6 Å². The molecule has 1 rings (SSSR count). The van der Waals surface area contributed by atoms with Crippen molar-refractivity contribution in [1.82, 2.24) is 4.90 Å². The van der Waals surface area contributed by atoms with Crippen LogP contribution in [-0.4, -0.2) is 48.3 Å². The molecule has 0 aromatic carbocycles. The molecule has 2 atom stereocenters. The third-order valence-corrected chi connectivity index (χ3v) is 2.43. The number of nitrogens with two attached hydrogens (primary N) is 1. The van der Waals surface area contributed by atoms with Gasteiger partial charge in [-0.1, -0.05) is 0 Å². The predicted molar refractivity (Wildman–Crippen MR) is 68.6 cm³/mol. The lowest BCUT2D eigenvalue weighted by molar-refractivity contribution is -0.145. The van der Waals surface area contributed by atoms with Crippen molar-refractivity contribution in [3.8, 4) is 0 Å². The summed E-state index contributed by atoms with van der Waals surface area (Å²) in [6.07, 6.45) is -0.118. The van der Waals surface area contributed by atoms with Gasteiger partial charge in [0.2, 0.25) is 0 Å². The van der Waals surface area contributed by atoms with E-state index in [-0.39, 0.29) is 18.4 Å². The molecular weight excluding hydrogens is 260 g/mol. The van der Waals surface area contributed by atoms with Crippen LogP contribution in [0.2, 0.25) is 0 Å². The molecule has 1 amide bonds. The Morgan fingerprint density at radius 3 is 2.33 bits per heavy atom. The number of hydrogen-bond acceptors (Lipinski definition) is 5. The van der Waals surface area contributed by atoms with Crippen LogP contribution in [0.5, 0.6) is 0 Å². The second-order valence-corrected chi connectivity index (χ2v) is 5.17. The van der Waals surface area contributed by atoms with E-state index in [4.69, 9.17) is 10.5 Å². The van der Waals surface area contributed by atoms with Gasteiger partial charge >= 0.3 is 12.1 Å². The average molecular weight is 281 g/mol. The summed E-state index contributed by atoms with van der Waals surface area (Å²) in [6, 6.07) is -0.850. The smallest absolute Gasteiger partial charge is 0.411 e. The maximum Gasteiger partial charge on any atom is 0.411 e. The molecule has 0 spiro atoms. The molecule has 7 heteroatoms. The first-order chi connectivity index (χ1) is 7.74. The molecule has 0 aromatic rings. The summed E-state index contributed by atoms with van der Waals surface area (Å²) in [5.41, 5.74) is 5.16. The fourth-order valence-corrected chi connectivity index (χ4v) is 1.75. The Bertz CT molecular complexity index is 317. The number of hydrogen-bond donors (Lipinski definition) is 1. The topological polar surface area (TPSA) is 81.9 Å². The van der Waals surface area contributed by atoms with Gasteiger partial charge in [0.25, 0.3) is 0 Å². The maximum absolute atomic E-state index is 11.9. The van der Waals surface area contributed by atoms with E-state index in [0.717, 1.165) is 0 Å². The molecule has 6 nitrogen and oxygen atoms in total. The third kappa shape index (κ3) is 4.34. The highest BCUT2D eigenvalue weighted by molar-refractivity contribution is 5.85. The largest absolute Gasteiger partial charge is 0.467 e. The minimum atomic E-state index is -0.634. The van der Waals surface area contributed by atoms with Crippen molar-refractivity contribution in [2.24, 2.45) is 5.73 Å². The van der Waals surface area contributed by atoms with Crippen LogP contribution >= 0.6 is 12.4 Å². The molecule has 0 unspecified atom stereocenters. The number of carbonyl (C=O) groups is 2. The number of esters is 1. The first-order valence-electron chi connectivity index (χ1n) is 5.57. The fourth-order valence-electron chi connectivity index (χ4n) is 1.75. The van der Waals surface area contributed by atoms with Crippen LogP contribution < -0.4 is 5.73 Å². The van der Waals surface area contributed by atoms with Crippen molar-refractivity contribution in [1.29, 1.82) is 0 Å². The fraction of sp³-hybridized carbons (Fsp3) is 0.818. The molecule has 0 radical (unpaired) electrons. The van der Waals surface area contributed by atoms with Gasteiger partial charge in [-0.25, -0.2) is 9.59 Å². The molecule has 106 valence electrons. The molecule has 0 bridgehead atoms. The first-order valence-corrected chi connectivity index (χ1v) is 5.57. The molecule has 2 N–H and O–H groups in total. The second kappa shape index (κ2) is 6.24. The normalized spacial score (nSPS) is 23.3. The van der Waals surface area contributed by atoms with E-state index in [1.807, 2.05) is 0 Å². The SMILES string of the molecule is COC(=O)[C@@H]1C[C@H](N)CN1C(=O)OC(C)(C)C.Cl. The monoisotopic (exact) mass is 280 g/mol. The standard InChI is InChI=1S/C11H20N2O4.ClH/c1-11(2,3)17-10(15)13-6-7(12)5-8(13)9(14)16-4;/h7-8H,5-6,12H2,1-4H3;1H/t7-,8-;/m0./s1. The Balaban J connectivity index is 0.00000289. The number of nitrogens with zero attached hydrogens (tertiary/aromatic N) is 1. The van der Waals surface area contributed by atoms with E-state index in [0.29, 0.717) is 13.0 Å². The Morgan fingerprint density at radius 2 is 1.89 bits per heavy atom. The first kappa shape index (κ1) is 17.0. The van der Waals surface area contributed by atoms with Gasteiger partial charge in [0.05, 0.1) is 7.11 Å². The summed E-state index contributed by atoms with van der Waals surface area (Å²) >= 11 is 0. The highest BCUT2D eigenvalue weighted by Gasteiger charge is 2.40. The summed E-state index contributed by atoms with van der Waals surface area (Å²) in [7, 11) is 1.29.